The van der Waals surface area contributed by atoms with Gasteiger partial charge >= 0.3 is 0 Å². The number of carbonyl (C=O) groups is 1. The van der Waals surface area contributed by atoms with Crippen LogP contribution in [-0.4, -0.2) is 36.7 Å². The van der Waals surface area contributed by atoms with Crippen molar-refractivity contribution in [1.82, 2.24) is 24.2 Å². The Morgan fingerprint density at radius 1 is 1.19 bits per heavy atom. The van der Waals surface area contributed by atoms with E-state index >= 15 is 0 Å². The molecule has 6 nitrogen and oxygen atoms in total. The van der Waals surface area contributed by atoms with Gasteiger partial charge in [0.15, 0.2) is 0 Å². The Labute approximate surface area is 153 Å². The third kappa shape index (κ3) is 2.71. The topological polar surface area (TPSA) is 56.0 Å². The molecule has 3 aromatic rings. The van der Waals surface area contributed by atoms with Crippen LogP contribution in [0.2, 0.25) is 0 Å². The van der Waals surface area contributed by atoms with Gasteiger partial charge in [-0.25, -0.2) is 4.98 Å². The van der Waals surface area contributed by atoms with Crippen molar-refractivity contribution in [3.63, 3.8) is 0 Å². The van der Waals surface area contributed by atoms with Crippen molar-refractivity contribution in [3.05, 3.63) is 71.6 Å². The van der Waals surface area contributed by atoms with Crippen molar-refractivity contribution in [2.75, 3.05) is 6.54 Å². The van der Waals surface area contributed by atoms with Crippen LogP contribution in [0.1, 0.15) is 53.2 Å². The van der Waals surface area contributed by atoms with Crippen LogP contribution in [0.4, 0.5) is 0 Å². The quantitative estimate of drug-likeness (QED) is 0.730. The first kappa shape index (κ1) is 16.6. The smallest absolute Gasteiger partial charge is 0.272 e. The maximum Gasteiger partial charge on any atom is 0.272 e. The fourth-order valence-corrected chi connectivity index (χ4v) is 3.76. The third-order valence-electron chi connectivity index (χ3n) is 5.09. The molecule has 0 bridgehead atoms. The molecule has 0 fully saturated rings. The second-order valence-electron chi connectivity index (χ2n) is 7.06. The van der Waals surface area contributed by atoms with E-state index in [1.807, 2.05) is 23.4 Å². The number of imidazole rings is 1. The van der Waals surface area contributed by atoms with Gasteiger partial charge in [0.05, 0.1) is 5.92 Å². The first-order chi connectivity index (χ1) is 12.6. The van der Waals surface area contributed by atoms with E-state index in [9.17, 15) is 4.79 Å². The van der Waals surface area contributed by atoms with Gasteiger partial charge in [-0.15, -0.1) is 0 Å². The van der Waals surface area contributed by atoms with Crippen molar-refractivity contribution in [2.45, 2.75) is 32.4 Å². The highest BCUT2D eigenvalue weighted by molar-refractivity contribution is 5.92. The van der Waals surface area contributed by atoms with Crippen molar-refractivity contribution in [3.8, 4) is 0 Å². The molecule has 0 spiro atoms. The highest BCUT2D eigenvalue weighted by Gasteiger charge is 2.32. The largest absolute Gasteiger partial charge is 0.332 e. The summed E-state index contributed by atoms with van der Waals surface area (Å²) in [5.41, 5.74) is 3.04. The van der Waals surface area contributed by atoms with E-state index in [2.05, 4.69) is 46.7 Å². The maximum atomic E-state index is 13.1. The van der Waals surface area contributed by atoms with E-state index in [1.54, 1.807) is 24.0 Å². The molecule has 0 saturated carbocycles. The molecular weight excluding hydrogens is 326 g/mol. The monoisotopic (exact) mass is 349 g/mol. The van der Waals surface area contributed by atoms with E-state index < -0.39 is 0 Å². The van der Waals surface area contributed by atoms with Crippen LogP contribution >= 0.6 is 0 Å². The number of amides is 1. The predicted octanol–water partition coefficient (Wildman–Crippen LogP) is 2.99. The normalized spacial score (nSPS) is 16.8. The van der Waals surface area contributed by atoms with Crippen LogP contribution in [0.3, 0.4) is 0 Å². The fraction of sp³-hybridized carbons (Fsp3) is 0.350. The standard InChI is InChI=1S/C20H23N5O/c1-14(2)25-11-10-21-19(25)17-13-24(12-15-6-4-5-7-16(15)17)20(26)18-8-9-22-23(18)3/h4-11,14,17H,12-13H2,1-3H3. The minimum absolute atomic E-state index is 0.00663. The van der Waals surface area contributed by atoms with Gasteiger partial charge in [-0.1, -0.05) is 24.3 Å². The summed E-state index contributed by atoms with van der Waals surface area (Å²) < 4.78 is 3.83. The molecule has 1 aliphatic heterocycles. The SMILES string of the molecule is CC(C)n1ccnc1C1CN(C(=O)c2ccnn2C)Cc2ccccc21. The summed E-state index contributed by atoms with van der Waals surface area (Å²) in [6.07, 6.45) is 5.53. The number of nitrogens with zero attached hydrogens (tertiary/aromatic N) is 5. The molecule has 0 saturated heterocycles. The lowest BCUT2D eigenvalue weighted by molar-refractivity contribution is 0.0711. The van der Waals surface area contributed by atoms with Crippen LogP contribution in [0.25, 0.3) is 0 Å². The minimum Gasteiger partial charge on any atom is -0.332 e. The van der Waals surface area contributed by atoms with E-state index in [0.29, 0.717) is 24.8 Å². The maximum absolute atomic E-state index is 13.1. The van der Waals surface area contributed by atoms with Crippen molar-refractivity contribution < 1.29 is 4.79 Å². The summed E-state index contributed by atoms with van der Waals surface area (Å²) in [5.74, 6) is 1.08. The van der Waals surface area contributed by atoms with E-state index in [-0.39, 0.29) is 11.8 Å². The molecule has 1 unspecified atom stereocenters. The van der Waals surface area contributed by atoms with Crippen molar-refractivity contribution >= 4 is 5.91 Å². The molecule has 3 heterocycles. The lowest BCUT2D eigenvalue weighted by Gasteiger charge is -2.35. The predicted molar refractivity (Wildman–Crippen MR) is 98.8 cm³/mol. The number of aromatic nitrogens is 4. The molecule has 134 valence electrons. The van der Waals surface area contributed by atoms with Gasteiger partial charge in [0.2, 0.25) is 0 Å². The molecule has 1 aromatic carbocycles. The highest BCUT2D eigenvalue weighted by atomic mass is 16.2. The zero-order valence-corrected chi connectivity index (χ0v) is 15.3. The Morgan fingerprint density at radius 3 is 2.73 bits per heavy atom. The number of benzene rings is 1. The summed E-state index contributed by atoms with van der Waals surface area (Å²) in [4.78, 5) is 19.6. The summed E-state index contributed by atoms with van der Waals surface area (Å²) in [7, 11) is 1.80. The highest BCUT2D eigenvalue weighted by Crippen LogP contribution is 2.34. The van der Waals surface area contributed by atoms with Gasteiger partial charge in [0, 0.05) is 44.8 Å². The van der Waals surface area contributed by atoms with Crippen molar-refractivity contribution in [1.29, 1.82) is 0 Å². The first-order valence-electron chi connectivity index (χ1n) is 8.94. The molecule has 0 radical (unpaired) electrons. The van der Waals surface area contributed by atoms with Gasteiger partial charge in [-0.05, 0) is 31.0 Å². The Balaban J connectivity index is 1.75. The minimum atomic E-state index is 0.00663. The van der Waals surface area contributed by atoms with E-state index in [4.69, 9.17) is 0 Å². The molecule has 6 heteroatoms. The second-order valence-corrected chi connectivity index (χ2v) is 7.06. The first-order valence-corrected chi connectivity index (χ1v) is 8.94. The number of fused-ring (bicyclic) bond motifs is 1. The van der Waals surface area contributed by atoms with Crippen LogP contribution < -0.4 is 0 Å². The van der Waals surface area contributed by atoms with Gasteiger partial charge in [-0.3, -0.25) is 9.48 Å². The van der Waals surface area contributed by atoms with Gasteiger partial charge < -0.3 is 9.47 Å². The molecule has 0 aliphatic carbocycles. The lowest BCUT2D eigenvalue weighted by Crippen LogP contribution is -2.40. The number of hydrogen-bond donors (Lipinski definition) is 0. The molecule has 0 N–H and O–H groups in total. The molecule has 2 aromatic heterocycles. The number of rotatable bonds is 3. The van der Waals surface area contributed by atoms with E-state index in [0.717, 1.165) is 5.82 Å². The Hall–Kier alpha value is -2.89. The van der Waals surface area contributed by atoms with Crippen LogP contribution in [0.15, 0.2) is 48.9 Å². The van der Waals surface area contributed by atoms with E-state index in [1.165, 1.54) is 11.1 Å². The zero-order valence-electron chi connectivity index (χ0n) is 15.3. The van der Waals surface area contributed by atoms with Gasteiger partial charge in [0.25, 0.3) is 5.91 Å². The van der Waals surface area contributed by atoms with Crippen LogP contribution in [-0.2, 0) is 13.6 Å². The third-order valence-corrected chi connectivity index (χ3v) is 5.09. The van der Waals surface area contributed by atoms with Crippen LogP contribution in [0, 0.1) is 0 Å². The molecule has 1 aliphatic rings. The van der Waals surface area contributed by atoms with Crippen molar-refractivity contribution in [2.24, 2.45) is 7.05 Å². The lowest BCUT2D eigenvalue weighted by atomic mass is 9.88. The Morgan fingerprint density at radius 2 is 2.00 bits per heavy atom. The summed E-state index contributed by atoms with van der Waals surface area (Å²) in [6, 6.07) is 10.4. The average Bonchev–Trinajstić information content (AvgIpc) is 3.29. The number of hydrogen-bond acceptors (Lipinski definition) is 3. The molecular formula is C20H23N5O. The summed E-state index contributed by atoms with van der Waals surface area (Å²) in [6.45, 7) is 5.53. The summed E-state index contributed by atoms with van der Waals surface area (Å²) in [5, 5.41) is 4.14. The number of aryl methyl sites for hydroxylation is 1. The molecule has 4 rings (SSSR count). The molecule has 1 amide bonds. The van der Waals surface area contributed by atoms with Gasteiger partial charge in [0.1, 0.15) is 11.5 Å². The van der Waals surface area contributed by atoms with Gasteiger partial charge in [-0.2, -0.15) is 5.10 Å². The Bertz CT molecular complexity index is 939. The number of carbonyl (C=O) groups excluding carboxylic acids is 1. The second kappa shape index (κ2) is 6.44. The Kier molecular flexibility index (Phi) is 4.11. The summed E-state index contributed by atoms with van der Waals surface area (Å²) >= 11 is 0. The fourth-order valence-electron chi connectivity index (χ4n) is 3.76. The zero-order chi connectivity index (χ0) is 18.3. The van der Waals surface area contributed by atoms with Crippen LogP contribution in [0.5, 0.6) is 0 Å². The molecule has 26 heavy (non-hydrogen) atoms. The molecule has 1 atom stereocenters. The average molecular weight is 349 g/mol.